The molecule has 2 aromatic heterocycles. The Morgan fingerprint density at radius 2 is 1.59 bits per heavy atom. The highest BCUT2D eigenvalue weighted by atomic mass is 35.5. The molecule has 0 atom stereocenters. The molecule has 1 aliphatic heterocycles. The van der Waals surface area contributed by atoms with Crippen LogP contribution in [0.4, 0.5) is 11.5 Å². The molecule has 4 aromatic rings. The second-order valence-corrected chi connectivity index (χ2v) is 8.72. The first-order chi connectivity index (χ1) is 15.7. The van der Waals surface area contributed by atoms with E-state index < -0.39 is 0 Å². The molecule has 3 heterocycles. The van der Waals surface area contributed by atoms with Crippen LogP contribution in [0.25, 0.3) is 21.3 Å². The molecule has 0 spiro atoms. The van der Waals surface area contributed by atoms with Gasteiger partial charge in [0.15, 0.2) is 0 Å². The number of para-hydroxylation sites is 2. The summed E-state index contributed by atoms with van der Waals surface area (Å²) in [6, 6.07) is 16.2. The molecule has 1 aliphatic rings. The molecule has 2 aromatic carbocycles. The Bertz CT molecular complexity index is 1240. The molecule has 0 amide bonds. The Morgan fingerprint density at radius 3 is 2.31 bits per heavy atom. The lowest BCUT2D eigenvalue weighted by atomic mass is 10.1. The fraction of sp³-hybridized carbons (Fsp3) is 0.250. The van der Waals surface area contributed by atoms with E-state index >= 15 is 0 Å². The number of anilines is 2. The Hall–Kier alpha value is -3.03. The molecule has 5 rings (SSSR count). The lowest BCUT2D eigenvalue weighted by molar-refractivity contribution is 0.413. The summed E-state index contributed by atoms with van der Waals surface area (Å²) in [7, 11) is 3.39. The SMILES string of the molecule is COc1ccc(-c2csc3nc(Cl)nc(N4CCN(c5ccccc5OC)CC4)c23)cc1. The quantitative estimate of drug-likeness (QED) is 0.369. The van der Waals surface area contributed by atoms with E-state index in [1.807, 2.05) is 30.3 Å². The zero-order valence-corrected chi connectivity index (χ0v) is 19.5. The maximum atomic E-state index is 6.32. The van der Waals surface area contributed by atoms with Crippen LogP contribution in [0.15, 0.2) is 53.9 Å². The molecule has 1 saturated heterocycles. The van der Waals surface area contributed by atoms with Gasteiger partial charge in [0.05, 0.1) is 25.3 Å². The van der Waals surface area contributed by atoms with Crippen molar-refractivity contribution < 1.29 is 9.47 Å². The molecule has 8 heteroatoms. The van der Waals surface area contributed by atoms with Crippen LogP contribution in [0.3, 0.4) is 0 Å². The fourth-order valence-electron chi connectivity index (χ4n) is 4.16. The summed E-state index contributed by atoms with van der Waals surface area (Å²) in [6.07, 6.45) is 0. The van der Waals surface area contributed by atoms with Crippen LogP contribution in [0.2, 0.25) is 5.28 Å². The van der Waals surface area contributed by atoms with Gasteiger partial charge >= 0.3 is 0 Å². The van der Waals surface area contributed by atoms with Crippen molar-refractivity contribution in [3.05, 3.63) is 59.2 Å². The van der Waals surface area contributed by atoms with E-state index in [1.54, 1.807) is 25.6 Å². The zero-order valence-electron chi connectivity index (χ0n) is 17.9. The summed E-state index contributed by atoms with van der Waals surface area (Å²) in [5.41, 5.74) is 3.35. The third kappa shape index (κ3) is 3.82. The molecule has 1 fully saturated rings. The standard InChI is InChI=1S/C24H23ClN4O2S/c1-30-17-9-7-16(8-10-17)18-15-32-23-21(18)22(26-24(25)27-23)29-13-11-28(12-14-29)19-5-3-4-6-20(19)31-2/h3-10,15H,11-14H2,1-2H3. The molecular weight excluding hydrogens is 444 g/mol. The topological polar surface area (TPSA) is 50.7 Å². The fourth-order valence-corrected chi connectivity index (χ4v) is 5.32. The molecule has 0 aliphatic carbocycles. The van der Waals surface area contributed by atoms with Crippen molar-refractivity contribution in [3.63, 3.8) is 0 Å². The number of piperazine rings is 1. The number of fused-ring (bicyclic) bond motifs is 1. The maximum absolute atomic E-state index is 6.32. The number of rotatable bonds is 5. The number of aromatic nitrogens is 2. The molecule has 32 heavy (non-hydrogen) atoms. The highest BCUT2D eigenvalue weighted by Gasteiger charge is 2.24. The molecular formula is C24H23ClN4O2S. The predicted octanol–water partition coefficient (Wildman–Crippen LogP) is 5.36. The minimum Gasteiger partial charge on any atom is -0.497 e. The first-order valence-corrected chi connectivity index (χ1v) is 11.7. The van der Waals surface area contributed by atoms with Gasteiger partial charge in [-0.25, -0.2) is 4.98 Å². The lowest BCUT2D eigenvalue weighted by Gasteiger charge is -2.37. The third-order valence-corrected chi connectivity index (χ3v) is 6.83. The second-order valence-electron chi connectivity index (χ2n) is 7.52. The van der Waals surface area contributed by atoms with Gasteiger partial charge in [-0.1, -0.05) is 24.3 Å². The molecule has 6 nitrogen and oxygen atoms in total. The van der Waals surface area contributed by atoms with Crippen molar-refractivity contribution in [2.24, 2.45) is 0 Å². The van der Waals surface area contributed by atoms with E-state index in [2.05, 4.69) is 43.3 Å². The van der Waals surface area contributed by atoms with E-state index in [9.17, 15) is 0 Å². The van der Waals surface area contributed by atoms with Crippen molar-refractivity contribution in [2.75, 3.05) is 50.2 Å². The summed E-state index contributed by atoms with van der Waals surface area (Å²) in [6.45, 7) is 3.40. The van der Waals surface area contributed by atoms with Crippen LogP contribution in [0, 0.1) is 0 Å². The van der Waals surface area contributed by atoms with E-state index in [4.69, 9.17) is 21.1 Å². The first kappa shape index (κ1) is 20.8. The van der Waals surface area contributed by atoms with E-state index in [1.165, 1.54) is 0 Å². The minimum atomic E-state index is 0.280. The van der Waals surface area contributed by atoms with Crippen LogP contribution in [0.5, 0.6) is 11.5 Å². The number of hydrogen-bond acceptors (Lipinski definition) is 7. The van der Waals surface area contributed by atoms with Crippen LogP contribution in [-0.2, 0) is 0 Å². The van der Waals surface area contributed by atoms with Gasteiger partial charge in [-0.05, 0) is 41.4 Å². The lowest BCUT2D eigenvalue weighted by Crippen LogP contribution is -2.47. The summed E-state index contributed by atoms with van der Waals surface area (Å²) >= 11 is 7.91. The number of hydrogen-bond donors (Lipinski definition) is 0. The summed E-state index contributed by atoms with van der Waals surface area (Å²) < 4.78 is 10.9. The van der Waals surface area contributed by atoms with Crippen LogP contribution < -0.4 is 19.3 Å². The normalized spacial score (nSPS) is 14.1. The number of nitrogens with zero attached hydrogens (tertiary/aromatic N) is 4. The van der Waals surface area contributed by atoms with Gasteiger partial charge in [0.1, 0.15) is 22.1 Å². The second kappa shape index (κ2) is 8.84. The average Bonchev–Trinajstić information content (AvgIpc) is 3.27. The first-order valence-electron chi connectivity index (χ1n) is 10.4. The molecule has 0 N–H and O–H groups in total. The average molecular weight is 467 g/mol. The van der Waals surface area contributed by atoms with Crippen LogP contribution in [0.1, 0.15) is 0 Å². The van der Waals surface area contributed by atoms with Crippen molar-refractivity contribution in [1.29, 1.82) is 0 Å². The number of methoxy groups -OCH3 is 2. The van der Waals surface area contributed by atoms with Crippen molar-refractivity contribution in [2.45, 2.75) is 0 Å². The zero-order chi connectivity index (χ0) is 22.1. The molecule has 0 unspecified atom stereocenters. The Balaban J connectivity index is 1.47. The highest BCUT2D eigenvalue weighted by molar-refractivity contribution is 7.17. The van der Waals surface area contributed by atoms with Gasteiger partial charge in [0.2, 0.25) is 5.28 Å². The monoisotopic (exact) mass is 466 g/mol. The number of halogens is 1. The van der Waals surface area contributed by atoms with E-state index in [0.717, 1.165) is 70.5 Å². The van der Waals surface area contributed by atoms with E-state index in [-0.39, 0.29) is 5.28 Å². The molecule has 164 valence electrons. The summed E-state index contributed by atoms with van der Waals surface area (Å²) in [5, 5.41) is 3.46. The Morgan fingerprint density at radius 1 is 0.875 bits per heavy atom. The van der Waals surface area contributed by atoms with Crippen LogP contribution in [-0.4, -0.2) is 50.4 Å². The molecule has 0 radical (unpaired) electrons. The predicted molar refractivity (Wildman–Crippen MR) is 132 cm³/mol. The largest absolute Gasteiger partial charge is 0.497 e. The number of thiophene rings is 1. The van der Waals surface area contributed by atoms with Gasteiger partial charge in [0.25, 0.3) is 0 Å². The van der Waals surface area contributed by atoms with Gasteiger partial charge in [0, 0.05) is 37.1 Å². The van der Waals surface area contributed by atoms with Gasteiger partial charge in [-0.3, -0.25) is 0 Å². The third-order valence-electron chi connectivity index (χ3n) is 5.79. The van der Waals surface area contributed by atoms with Gasteiger partial charge in [-0.2, -0.15) is 4.98 Å². The highest BCUT2D eigenvalue weighted by Crippen LogP contribution is 2.40. The maximum Gasteiger partial charge on any atom is 0.225 e. The van der Waals surface area contributed by atoms with E-state index in [0.29, 0.717) is 0 Å². The smallest absolute Gasteiger partial charge is 0.225 e. The van der Waals surface area contributed by atoms with Crippen LogP contribution >= 0.6 is 22.9 Å². The summed E-state index contributed by atoms with van der Waals surface area (Å²) in [5.74, 6) is 2.63. The Labute approximate surface area is 196 Å². The molecule has 0 bridgehead atoms. The minimum absolute atomic E-state index is 0.280. The number of benzene rings is 2. The Kier molecular flexibility index (Phi) is 5.76. The number of ether oxygens (including phenoxy) is 2. The molecule has 0 saturated carbocycles. The van der Waals surface area contributed by atoms with Gasteiger partial charge < -0.3 is 19.3 Å². The van der Waals surface area contributed by atoms with Crippen molar-refractivity contribution >= 4 is 44.7 Å². The van der Waals surface area contributed by atoms with Gasteiger partial charge in [-0.15, -0.1) is 11.3 Å². The van der Waals surface area contributed by atoms with Crippen molar-refractivity contribution in [1.82, 2.24) is 9.97 Å². The summed E-state index contributed by atoms with van der Waals surface area (Å²) in [4.78, 5) is 14.7. The van der Waals surface area contributed by atoms with Crippen molar-refractivity contribution in [3.8, 4) is 22.6 Å².